The minimum Gasteiger partial charge on any atom is -0.348 e. The van der Waals surface area contributed by atoms with E-state index in [-0.39, 0.29) is 17.9 Å². The molecule has 0 bridgehead atoms. The maximum absolute atomic E-state index is 10.2. The van der Waals surface area contributed by atoms with Crippen molar-refractivity contribution < 1.29 is 20.4 Å². The summed E-state index contributed by atoms with van der Waals surface area (Å²) in [5.41, 5.74) is 0. The SMILES string of the molecule is O=NN1C(O)(O)CCCCC1(O)O. The second kappa shape index (κ2) is 3.18. The summed E-state index contributed by atoms with van der Waals surface area (Å²) in [5.74, 6) is -5.16. The highest BCUT2D eigenvalue weighted by Gasteiger charge is 2.47. The van der Waals surface area contributed by atoms with Crippen LogP contribution >= 0.6 is 0 Å². The topological polar surface area (TPSA) is 114 Å². The number of rotatable bonds is 1. The van der Waals surface area contributed by atoms with Crippen LogP contribution in [0.3, 0.4) is 0 Å². The molecule has 76 valence electrons. The van der Waals surface area contributed by atoms with Crippen LogP contribution in [0.1, 0.15) is 25.7 Å². The standard InChI is InChI=1S/C6H12N2O5/c9-5(10)3-1-2-4-6(11,12)8(5)7-13/h9-12H,1-4H2. The average molecular weight is 192 g/mol. The van der Waals surface area contributed by atoms with Crippen molar-refractivity contribution >= 4 is 0 Å². The van der Waals surface area contributed by atoms with Crippen molar-refractivity contribution in [3.8, 4) is 0 Å². The van der Waals surface area contributed by atoms with E-state index in [0.717, 1.165) is 0 Å². The molecule has 0 atom stereocenters. The van der Waals surface area contributed by atoms with E-state index in [1.807, 2.05) is 0 Å². The molecule has 1 rings (SSSR count). The van der Waals surface area contributed by atoms with E-state index in [1.165, 1.54) is 0 Å². The third-order valence-corrected chi connectivity index (χ3v) is 2.03. The Labute approximate surface area is 74.2 Å². The van der Waals surface area contributed by atoms with Crippen LogP contribution in [-0.2, 0) is 0 Å². The summed E-state index contributed by atoms with van der Waals surface area (Å²) in [5, 5.41) is 39.0. The van der Waals surface area contributed by atoms with Crippen LogP contribution < -0.4 is 0 Å². The Bertz CT molecular complexity index is 187. The molecule has 0 radical (unpaired) electrons. The molecule has 0 aliphatic carbocycles. The van der Waals surface area contributed by atoms with Crippen LogP contribution in [0.15, 0.2) is 5.29 Å². The zero-order valence-electron chi connectivity index (χ0n) is 6.92. The molecule has 0 aromatic rings. The molecule has 7 nitrogen and oxygen atoms in total. The monoisotopic (exact) mass is 192 g/mol. The average Bonchev–Trinajstić information content (AvgIpc) is 2.06. The number of aliphatic hydroxyl groups is 4. The summed E-state index contributed by atoms with van der Waals surface area (Å²) in [6, 6.07) is 0. The molecule has 0 aromatic carbocycles. The fourth-order valence-electron chi connectivity index (χ4n) is 1.35. The zero-order chi connectivity index (χ0) is 10.1. The van der Waals surface area contributed by atoms with E-state index in [2.05, 4.69) is 5.29 Å². The van der Waals surface area contributed by atoms with Gasteiger partial charge in [0.1, 0.15) is 0 Å². The Hall–Kier alpha value is -0.760. The van der Waals surface area contributed by atoms with E-state index in [1.54, 1.807) is 0 Å². The molecule has 1 heterocycles. The molecule has 7 heteroatoms. The fourth-order valence-corrected chi connectivity index (χ4v) is 1.35. The van der Waals surface area contributed by atoms with Gasteiger partial charge < -0.3 is 20.4 Å². The van der Waals surface area contributed by atoms with Gasteiger partial charge in [-0.05, 0) is 12.8 Å². The lowest BCUT2D eigenvalue weighted by Crippen LogP contribution is -2.57. The van der Waals surface area contributed by atoms with Gasteiger partial charge in [-0.3, -0.25) is 0 Å². The van der Waals surface area contributed by atoms with E-state index in [9.17, 15) is 25.3 Å². The minimum atomic E-state index is -2.58. The molecule has 1 aliphatic rings. The Balaban J connectivity index is 2.93. The van der Waals surface area contributed by atoms with E-state index in [0.29, 0.717) is 12.8 Å². The van der Waals surface area contributed by atoms with Gasteiger partial charge in [-0.15, -0.1) is 9.92 Å². The molecule has 13 heavy (non-hydrogen) atoms. The first kappa shape index (κ1) is 10.3. The normalized spacial score (nSPS) is 26.6. The molecular formula is C6H12N2O5. The van der Waals surface area contributed by atoms with Gasteiger partial charge in [0.25, 0.3) is 11.8 Å². The van der Waals surface area contributed by atoms with Crippen molar-refractivity contribution in [3.63, 3.8) is 0 Å². The summed E-state index contributed by atoms with van der Waals surface area (Å²) in [6.45, 7) is 0. The largest absolute Gasteiger partial charge is 0.348 e. The van der Waals surface area contributed by atoms with Crippen LogP contribution in [0.2, 0.25) is 0 Å². The summed E-state index contributed by atoms with van der Waals surface area (Å²) < 4.78 is 0. The molecule has 4 N–H and O–H groups in total. The molecule has 1 aliphatic heterocycles. The predicted octanol–water partition coefficient (Wildman–Crippen LogP) is -1.18. The lowest BCUT2D eigenvalue weighted by molar-refractivity contribution is -0.383. The fraction of sp³-hybridized carbons (Fsp3) is 1.00. The molecular weight excluding hydrogens is 180 g/mol. The second-order valence-corrected chi connectivity index (χ2v) is 3.15. The van der Waals surface area contributed by atoms with Gasteiger partial charge in [-0.2, -0.15) is 0 Å². The molecule has 0 amide bonds. The highest BCUT2D eigenvalue weighted by molar-refractivity contribution is 4.76. The van der Waals surface area contributed by atoms with Crippen molar-refractivity contribution in [2.24, 2.45) is 5.29 Å². The summed E-state index contributed by atoms with van der Waals surface area (Å²) in [7, 11) is 0. The summed E-state index contributed by atoms with van der Waals surface area (Å²) >= 11 is 0. The van der Waals surface area contributed by atoms with Crippen LogP contribution in [0, 0.1) is 4.91 Å². The van der Waals surface area contributed by atoms with Gasteiger partial charge in [0.15, 0.2) is 0 Å². The van der Waals surface area contributed by atoms with Crippen molar-refractivity contribution in [1.29, 1.82) is 0 Å². The van der Waals surface area contributed by atoms with Gasteiger partial charge in [-0.25, -0.2) is 0 Å². The van der Waals surface area contributed by atoms with Gasteiger partial charge in [0.2, 0.25) is 0 Å². The molecule has 0 spiro atoms. The maximum atomic E-state index is 10.2. The minimum absolute atomic E-state index is 0.0347. The third-order valence-electron chi connectivity index (χ3n) is 2.03. The van der Waals surface area contributed by atoms with Gasteiger partial charge in [-0.1, -0.05) is 0 Å². The van der Waals surface area contributed by atoms with E-state index < -0.39 is 11.8 Å². The molecule has 0 saturated carbocycles. The summed E-state index contributed by atoms with van der Waals surface area (Å²) in [4.78, 5) is 10.2. The van der Waals surface area contributed by atoms with E-state index >= 15 is 0 Å². The van der Waals surface area contributed by atoms with Crippen LogP contribution in [0.5, 0.6) is 0 Å². The molecule has 1 saturated heterocycles. The number of hydrogen-bond acceptors (Lipinski definition) is 6. The number of hydrogen-bond donors (Lipinski definition) is 4. The van der Waals surface area contributed by atoms with Crippen molar-refractivity contribution in [1.82, 2.24) is 5.01 Å². The quantitative estimate of drug-likeness (QED) is 0.307. The first-order valence-corrected chi connectivity index (χ1v) is 3.93. The lowest BCUT2D eigenvalue weighted by atomic mass is 10.2. The van der Waals surface area contributed by atoms with Crippen molar-refractivity contribution in [3.05, 3.63) is 4.91 Å². The Morgan fingerprint density at radius 1 is 1.00 bits per heavy atom. The molecule has 1 fully saturated rings. The van der Waals surface area contributed by atoms with Crippen LogP contribution in [0.4, 0.5) is 0 Å². The Morgan fingerprint density at radius 2 is 1.38 bits per heavy atom. The molecule has 0 aromatic heterocycles. The van der Waals surface area contributed by atoms with E-state index in [4.69, 9.17) is 0 Å². The van der Waals surface area contributed by atoms with Crippen LogP contribution in [0.25, 0.3) is 0 Å². The molecule has 0 unspecified atom stereocenters. The highest BCUT2D eigenvalue weighted by atomic mass is 16.6. The van der Waals surface area contributed by atoms with Crippen molar-refractivity contribution in [2.75, 3.05) is 0 Å². The van der Waals surface area contributed by atoms with Gasteiger partial charge in [0.05, 0.1) is 5.29 Å². The first-order chi connectivity index (χ1) is 5.90. The van der Waals surface area contributed by atoms with Crippen molar-refractivity contribution in [2.45, 2.75) is 37.5 Å². The second-order valence-electron chi connectivity index (χ2n) is 3.15. The maximum Gasteiger partial charge on any atom is 0.269 e. The Kier molecular flexibility index (Phi) is 2.53. The Morgan fingerprint density at radius 3 is 1.69 bits per heavy atom. The zero-order valence-corrected chi connectivity index (χ0v) is 6.92. The van der Waals surface area contributed by atoms with Gasteiger partial charge in [0, 0.05) is 12.8 Å². The number of nitroso groups, excluding NO2 is 1. The first-order valence-electron chi connectivity index (χ1n) is 3.93. The number of nitrogens with zero attached hydrogens (tertiary/aromatic N) is 2. The highest BCUT2D eigenvalue weighted by Crippen LogP contribution is 2.31. The predicted molar refractivity (Wildman–Crippen MR) is 40.4 cm³/mol. The summed E-state index contributed by atoms with van der Waals surface area (Å²) in [6.07, 6.45) is 0.451. The lowest BCUT2D eigenvalue weighted by Gasteiger charge is -2.35. The third kappa shape index (κ3) is 1.94. The van der Waals surface area contributed by atoms with Gasteiger partial charge >= 0.3 is 0 Å². The smallest absolute Gasteiger partial charge is 0.269 e. The van der Waals surface area contributed by atoms with Crippen LogP contribution in [-0.4, -0.2) is 37.3 Å².